The van der Waals surface area contributed by atoms with E-state index >= 15 is 0 Å². The summed E-state index contributed by atoms with van der Waals surface area (Å²) in [6, 6.07) is 11.8. The maximum atomic E-state index is 13.9. The fraction of sp³-hybridized carbons (Fsp3) is 0.308. The van der Waals surface area contributed by atoms with Gasteiger partial charge in [-0.15, -0.1) is 0 Å². The van der Waals surface area contributed by atoms with Gasteiger partial charge in [0.25, 0.3) is 0 Å². The average molecular weight is 475 g/mol. The molecule has 1 aliphatic heterocycles. The number of rotatable bonds is 6. The molecule has 1 N–H and O–H groups in total. The van der Waals surface area contributed by atoms with Gasteiger partial charge in [0, 0.05) is 44.5 Å². The summed E-state index contributed by atoms with van der Waals surface area (Å²) < 4.78 is 18.7. The van der Waals surface area contributed by atoms with E-state index in [1.54, 1.807) is 12.5 Å². The van der Waals surface area contributed by atoms with E-state index in [1.165, 1.54) is 18.7 Å². The van der Waals surface area contributed by atoms with Crippen LogP contribution in [0.1, 0.15) is 17.5 Å². The number of hydrogen-bond donors (Lipinski definition) is 1. The van der Waals surface area contributed by atoms with E-state index in [9.17, 15) is 9.18 Å². The van der Waals surface area contributed by atoms with Crippen molar-refractivity contribution in [2.24, 2.45) is 0 Å². The highest BCUT2D eigenvalue weighted by Crippen LogP contribution is 2.29. The van der Waals surface area contributed by atoms with Crippen molar-refractivity contribution in [2.45, 2.75) is 19.8 Å². The van der Waals surface area contributed by atoms with E-state index in [0.29, 0.717) is 44.6 Å². The molecule has 0 spiro atoms. The van der Waals surface area contributed by atoms with Gasteiger partial charge in [0.1, 0.15) is 17.8 Å². The molecule has 4 heterocycles. The molecule has 5 rings (SSSR count). The highest BCUT2D eigenvalue weighted by molar-refractivity contribution is 5.92. The van der Waals surface area contributed by atoms with Crippen molar-refractivity contribution in [3.8, 4) is 17.1 Å². The molecule has 1 amide bonds. The molecule has 1 aliphatic rings. The van der Waals surface area contributed by atoms with Gasteiger partial charge in [0.15, 0.2) is 5.82 Å². The van der Waals surface area contributed by atoms with Crippen LogP contribution < -0.4 is 9.64 Å². The lowest BCUT2D eigenvalue weighted by atomic mass is 10.1. The molecule has 0 aliphatic carbocycles. The van der Waals surface area contributed by atoms with Crippen LogP contribution in [0.3, 0.4) is 0 Å². The third-order valence-corrected chi connectivity index (χ3v) is 6.38. The molecule has 8 nitrogen and oxygen atoms in total. The Morgan fingerprint density at radius 3 is 2.57 bits per heavy atom. The van der Waals surface area contributed by atoms with Gasteiger partial charge in [0.05, 0.1) is 12.5 Å². The fourth-order valence-electron chi connectivity index (χ4n) is 4.40. The minimum Gasteiger partial charge on any atom is -0.479 e. The van der Waals surface area contributed by atoms with Crippen molar-refractivity contribution in [2.75, 3.05) is 38.2 Å². The number of H-pyrrole nitrogens is 1. The van der Waals surface area contributed by atoms with Gasteiger partial charge in [-0.2, -0.15) is 0 Å². The van der Waals surface area contributed by atoms with Crippen molar-refractivity contribution >= 4 is 22.8 Å². The smallest absolute Gasteiger partial charge is 0.250 e. The summed E-state index contributed by atoms with van der Waals surface area (Å²) in [6.45, 7) is 4.64. The number of benzene rings is 1. The highest BCUT2D eigenvalue weighted by Gasteiger charge is 2.24. The van der Waals surface area contributed by atoms with Gasteiger partial charge in [-0.3, -0.25) is 4.79 Å². The van der Waals surface area contributed by atoms with Gasteiger partial charge < -0.3 is 19.5 Å². The lowest BCUT2D eigenvalue weighted by molar-refractivity contribution is -0.131. The zero-order valence-electron chi connectivity index (χ0n) is 19.8. The number of nitrogens with zero attached hydrogens (tertiary/aromatic N) is 5. The fourth-order valence-corrected chi connectivity index (χ4v) is 4.40. The van der Waals surface area contributed by atoms with Crippen molar-refractivity contribution in [3.05, 3.63) is 65.9 Å². The molecule has 1 fully saturated rings. The zero-order chi connectivity index (χ0) is 24.4. The molecule has 0 bridgehead atoms. The van der Waals surface area contributed by atoms with Crippen LogP contribution in [-0.4, -0.2) is 64.0 Å². The van der Waals surface area contributed by atoms with Crippen LogP contribution in [0.2, 0.25) is 0 Å². The van der Waals surface area contributed by atoms with Crippen molar-refractivity contribution in [1.82, 2.24) is 24.8 Å². The van der Waals surface area contributed by atoms with Crippen LogP contribution in [0.5, 0.6) is 5.88 Å². The molecular formula is C26H27FN6O2. The van der Waals surface area contributed by atoms with Gasteiger partial charge in [0.2, 0.25) is 11.8 Å². The van der Waals surface area contributed by atoms with Gasteiger partial charge >= 0.3 is 0 Å². The third kappa shape index (κ3) is 4.80. The number of hydrogen-bond acceptors (Lipinski definition) is 6. The molecule has 0 unspecified atom stereocenters. The summed E-state index contributed by atoms with van der Waals surface area (Å²) >= 11 is 0. The molecule has 1 saturated heterocycles. The molecule has 4 aromatic rings. The second-order valence-corrected chi connectivity index (χ2v) is 8.71. The molecule has 1 aromatic carbocycles. The van der Waals surface area contributed by atoms with Crippen LogP contribution >= 0.6 is 0 Å². The SMILES string of the molecule is COc1ncc(CCC(=O)N2CCN(c3ncnc4[nH]c(-c5ccc(C)cc5)cc34)CC2)cc1F. The summed E-state index contributed by atoms with van der Waals surface area (Å²) in [5.41, 5.74) is 4.78. The van der Waals surface area contributed by atoms with Crippen molar-refractivity contribution < 1.29 is 13.9 Å². The number of nitrogens with one attached hydrogen (secondary N) is 1. The largest absolute Gasteiger partial charge is 0.479 e. The summed E-state index contributed by atoms with van der Waals surface area (Å²) in [7, 11) is 1.37. The Bertz CT molecular complexity index is 1350. The normalized spacial score (nSPS) is 13.9. The number of carbonyl (C=O) groups is 1. The topological polar surface area (TPSA) is 87.2 Å². The molecular weight excluding hydrogens is 447 g/mol. The summed E-state index contributed by atoms with van der Waals surface area (Å²) in [6.07, 6.45) is 3.87. The summed E-state index contributed by atoms with van der Waals surface area (Å²) in [5, 5.41) is 0.969. The van der Waals surface area contributed by atoms with E-state index in [1.807, 2.05) is 4.90 Å². The quantitative estimate of drug-likeness (QED) is 0.458. The molecule has 0 saturated carbocycles. The second-order valence-electron chi connectivity index (χ2n) is 8.71. The lowest BCUT2D eigenvalue weighted by Gasteiger charge is -2.35. The number of pyridine rings is 1. The number of aromatic amines is 1. The maximum Gasteiger partial charge on any atom is 0.250 e. The Morgan fingerprint density at radius 1 is 1.09 bits per heavy atom. The van der Waals surface area contributed by atoms with Crippen LogP contribution in [-0.2, 0) is 11.2 Å². The molecule has 3 aromatic heterocycles. The predicted octanol–water partition coefficient (Wildman–Crippen LogP) is 3.76. The molecule has 0 atom stereocenters. The van der Waals surface area contributed by atoms with Crippen molar-refractivity contribution in [3.63, 3.8) is 0 Å². The van der Waals surface area contributed by atoms with Gasteiger partial charge in [-0.1, -0.05) is 29.8 Å². The number of halogens is 1. The summed E-state index contributed by atoms with van der Waals surface area (Å²) in [5.74, 6) is 0.370. The van der Waals surface area contributed by atoms with E-state index in [0.717, 1.165) is 28.1 Å². The Morgan fingerprint density at radius 2 is 1.86 bits per heavy atom. The maximum absolute atomic E-state index is 13.9. The van der Waals surface area contributed by atoms with E-state index in [2.05, 4.69) is 62.1 Å². The minimum absolute atomic E-state index is 0.0385. The van der Waals surface area contributed by atoms with E-state index < -0.39 is 5.82 Å². The monoisotopic (exact) mass is 474 g/mol. The molecule has 9 heteroatoms. The van der Waals surface area contributed by atoms with E-state index in [-0.39, 0.29) is 11.8 Å². The molecule has 0 radical (unpaired) electrons. The first-order chi connectivity index (χ1) is 17.0. The van der Waals surface area contributed by atoms with E-state index in [4.69, 9.17) is 4.74 Å². The zero-order valence-corrected chi connectivity index (χ0v) is 19.8. The lowest BCUT2D eigenvalue weighted by Crippen LogP contribution is -2.49. The number of amides is 1. The second kappa shape index (κ2) is 9.69. The van der Waals surface area contributed by atoms with Crippen LogP contribution in [0, 0.1) is 12.7 Å². The number of piperazine rings is 1. The Hall–Kier alpha value is -4.01. The summed E-state index contributed by atoms with van der Waals surface area (Å²) in [4.78, 5) is 33.1. The standard InChI is InChI=1S/C26H27FN6O2/c1-17-3-6-19(7-4-17)22-14-20-24(31-22)29-16-30-25(20)33-11-9-32(10-12-33)23(34)8-5-18-13-21(27)26(35-2)28-15-18/h3-4,6-7,13-16H,5,8-12H2,1-2H3,(H,29,30,31). The number of methoxy groups -OCH3 is 1. The number of fused-ring (bicyclic) bond motifs is 1. The first-order valence-corrected chi connectivity index (χ1v) is 11.6. The Labute approximate surface area is 202 Å². The number of carbonyl (C=O) groups excluding carboxylic acids is 1. The first-order valence-electron chi connectivity index (χ1n) is 11.6. The number of aryl methyl sites for hydroxylation is 2. The van der Waals surface area contributed by atoms with Gasteiger partial charge in [-0.05, 0) is 36.6 Å². The Kier molecular flexibility index (Phi) is 6.31. The van der Waals surface area contributed by atoms with Gasteiger partial charge in [-0.25, -0.2) is 19.3 Å². The number of anilines is 1. The molecule has 180 valence electrons. The minimum atomic E-state index is -0.516. The van der Waals surface area contributed by atoms with Crippen LogP contribution in [0.4, 0.5) is 10.2 Å². The first kappa shape index (κ1) is 22.8. The van der Waals surface area contributed by atoms with Crippen molar-refractivity contribution in [1.29, 1.82) is 0 Å². The number of ether oxygens (including phenoxy) is 1. The average Bonchev–Trinajstić information content (AvgIpc) is 3.32. The third-order valence-electron chi connectivity index (χ3n) is 6.38. The molecule has 35 heavy (non-hydrogen) atoms. The Balaban J connectivity index is 1.23. The highest BCUT2D eigenvalue weighted by atomic mass is 19.1. The predicted molar refractivity (Wildman–Crippen MR) is 132 cm³/mol. The number of aromatic nitrogens is 4. The van der Waals surface area contributed by atoms with Crippen LogP contribution in [0.15, 0.2) is 48.9 Å². The van der Waals surface area contributed by atoms with Crippen LogP contribution in [0.25, 0.3) is 22.3 Å².